The van der Waals surface area contributed by atoms with Gasteiger partial charge in [-0.1, -0.05) is 0 Å². The number of hydrogen-bond donors (Lipinski definition) is 2. The Hall–Kier alpha value is -1.24. The van der Waals surface area contributed by atoms with E-state index < -0.39 is 9.84 Å². The number of anilines is 2. The molecule has 1 aromatic heterocycles. The molecule has 1 fully saturated rings. The Kier molecular flexibility index (Phi) is 2.34. The summed E-state index contributed by atoms with van der Waals surface area (Å²) in [6.07, 6.45) is 2.27. The zero-order valence-corrected chi connectivity index (χ0v) is 9.29. The van der Waals surface area contributed by atoms with Crippen LogP contribution in [-0.2, 0) is 9.84 Å². The van der Waals surface area contributed by atoms with E-state index in [1.165, 1.54) is 0 Å². The largest absolute Gasteiger partial charge is 0.382 e. The van der Waals surface area contributed by atoms with Gasteiger partial charge in [-0.25, -0.2) is 8.42 Å². The molecule has 1 aromatic rings. The molecule has 1 atom stereocenters. The fourth-order valence-electron chi connectivity index (χ4n) is 1.85. The lowest BCUT2D eigenvalue weighted by molar-refractivity contribution is 0.601. The van der Waals surface area contributed by atoms with Crippen molar-refractivity contribution in [2.45, 2.75) is 12.5 Å². The second-order valence-corrected chi connectivity index (χ2v) is 6.07. The highest BCUT2D eigenvalue weighted by atomic mass is 32.2. The van der Waals surface area contributed by atoms with Crippen LogP contribution < -0.4 is 10.6 Å². The normalized spacial score (nSPS) is 24.2. The number of rotatable bonds is 2. The van der Waals surface area contributed by atoms with E-state index in [-0.39, 0.29) is 17.5 Å². The number of H-pyrrole nitrogens is 1. The number of aromatic nitrogens is 2. The Balaban J connectivity index is 2.17. The third-order valence-electron chi connectivity index (χ3n) is 2.78. The van der Waals surface area contributed by atoms with Crippen molar-refractivity contribution in [3.63, 3.8) is 0 Å². The molecule has 0 spiro atoms. The first-order valence-corrected chi connectivity index (χ1v) is 6.54. The molecule has 1 saturated heterocycles. The first-order valence-electron chi connectivity index (χ1n) is 4.72. The number of nitrogens with two attached hydrogens (primary N) is 1. The molecule has 0 aromatic carbocycles. The third-order valence-corrected chi connectivity index (χ3v) is 4.53. The first-order chi connectivity index (χ1) is 6.99. The molecule has 3 N–H and O–H groups in total. The molecule has 0 saturated carbocycles. The fraction of sp³-hybridized carbons (Fsp3) is 0.625. The van der Waals surface area contributed by atoms with Gasteiger partial charge in [-0.2, -0.15) is 5.10 Å². The van der Waals surface area contributed by atoms with E-state index in [1.54, 1.807) is 6.20 Å². The predicted octanol–water partition coefficient (Wildman–Crippen LogP) is -0.385. The van der Waals surface area contributed by atoms with Crippen LogP contribution >= 0.6 is 0 Å². The summed E-state index contributed by atoms with van der Waals surface area (Å²) < 4.78 is 22.6. The molecule has 2 rings (SSSR count). The summed E-state index contributed by atoms with van der Waals surface area (Å²) in [5.41, 5.74) is 6.43. The maximum atomic E-state index is 11.3. The summed E-state index contributed by atoms with van der Waals surface area (Å²) in [6, 6.07) is 0.00917. The maximum absolute atomic E-state index is 11.3. The van der Waals surface area contributed by atoms with Crippen LogP contribution in [0.3, 0.4) is 0 Å². The van der Waals surface area contributed by atoms with E-state index in [4.69, 9.17) is 5.73 Å². The van der Waals surface area contributed by atoms with Crippen LogP contribution in [0.15, 0.2) is 6.20 Å². The number of nitrogens with one attached hydrogen (secondary N) is 1. The molecule has 0 amide bonds. The summed E-state index contributed by atoms with van der Waals surface area (Å²) in [5.74, 6) is 0.940. The number of hydrogen-bond acceptors (Lipinski definition) is 5. The number of sulfone groups is 1. The van der Waals surface area contributed by atoms with Crippen LogP contribution in [0.4, 0.5) is 11.5 Å². The molecule has 1 aliphatic rings. The Morgan fingerprint density at radius 2 is 2.40 bits per heavy atom. The van der Waals surface area contributed by atoms with Gasteiger partial charge in [-0.15, -0.1) is 0 Å². The van der Waals surface area contributed by atoms with Crippen molar-refractivity contribution < 1.29 is 8.42 Å². The van der Waals surface area contributed by atoms with E-state index in [0.717, 1.165) is 5.69 Å². The van der Waals surface area contributed by atoms with E-state index in [2.05, 4.69) is 10.2 Å². The van der Waals surface area contributed by atoms with Gasteiger partial charge in [0.25, 0.3) is 0 Å². The summed E-state index contributed by atoms with van der Waals surface area (Å²) in [5, 5.41) is 6.44. The molecule has 1 aliphatic heterocycles. The summed E-state index contributed by atoms with van der Waals surface area (Å²) in [4.78, 5) is 1.88. The molecular formula is C8H14N4O2S. The van der Waals surface area contributed by atoms with Gasteiger partial charge in [0, 0.05) is 13.1 Å². The molecule has 6 nitrogen and oxygen atoms in total. The number of nitrogens with zero attached hydrogens (tertiary/aromatic N) is 2. The van der Waals surface area contributed by atoms with Crippen LogP contribution in [0.2, 0.25) is 0 Å². The van der Waals surface area contributed by atoms with Gasteiger partial charge in [0.2, 0.25) is 0 Å². The fourth-order valence-corrected chi connectivity index (χ4v) is 3.62. The van der Waals surface area contributed by atoms with Crippen LogP contribution in [0.1, 0.15) is 6.42 Å². The van der Waals surface area contributed by atoms with Gasteiger partial charge < -0.3 is 10.6 Å². The van der Waals surface area contributed by atoms with Crippen molar-refractivity contribution in [1.29, 1.82) is 0 Å². The second-order valence-electron chi connectivity index (χ2n) is 3.84. The van der Waals surface area contributed by atoms with Gasteiger partial charge in [-0.05, 0) is 6.42 Å². The van der Waals surface area contributed by atoms with Gasteiger partial charge in [0.05, 0.1) is 23.4 Å². The van der Waals surface area contributed by atoms with Gasteiger partial charge in [-0.3, -0.25) is 5.10 Å². The molecule has 7 heteroatoms. The Morgan fingerprint density at radius 3 is 2.87 bits per heavy atom. The Morgan fingerprint density at radius 1 is 1.67 bits per heavy atom. The van der Waals surface area contributed by atoms with Gasteiger partial charge in [0.15, 0.2) is 9.84 Å². The summed E-state index contributed by atoms with van der Waals surface area (Å²) in [6.45, 7) is 0. The van der Waals surface area contributed by atoms with Crippen LogP contribution in [0.25, 0.3) is 0 Å². The quantitative estimate of drug-likeness (QED) is 0.722. The smallest absolute Gasteiger partial charge is 0.152 e. The third kappa shape index (κ3) is 1.92. The van der Waals surface area contributed by atoms with Crippen LogP contribution in [0.5, 0.6) is 0 Å². The number of nitrogen functional groups attached to an aromatic ring is 1. The summed E-state index contributed by atoms with van der Waals surface area (Å²) >= 11 is 0. The van der Waals surface area contributed by atoms with Crippen molar-refractivity contribution >= 4 is 21.3 Å². The maximum Gasteiger partial charge on any atom is 0.152 e. The minimum absolute atomic E-state index is 0.00917. The predicted molar refractivity (Wildman–Crippen MR) is 58.5 cm³/mol. The topological polar surface area (TPSA) is 92.1 Å². The molecule has 15 heavy (non-hydrogen) atoms. The minimum atomic E-state index is -2.86. The van der Waals surface area contributed by atoms with Crippen LogP contribution in [-0.4, -0.2) is 43.2 Å². The standard InChI is InChI=1S/C8H14N4O2S/c1-12(7-4-10-11-8(7)9)6-2-3-15(13,14)5-6/h4,6H,2-3,5H2,1H3,(H3,9,10,11). The Bertz CT molecular complexity index is 453. The summed E-state index contributed by atoms with van der Waals surface area (Å²) in [7, 11) is -1.02. The highest BCUT2D eigenvalue weighted by Crippen LogP contribution is 2.25. The average Bonchev–Trinajstić information content (AvgIpc) is 2.71. The van der Waals surface area contributed by atoms with Crippen LogP contribution in [0, 0.1) is 0 Å². The van der Waals surface area contributed by atoms with Crippen molar-refractivity contribution in [3.05, 3.63) is 6.20 Å². The zero-order valence-electron chi connectivity index (χ0n) is 8.47. The molecule has 0 bridgehead atoms. The molecule has 0 radical (unpaired) electrons. The van der Waals surface area contributed by atoms with E-state index in [9.17, 15) is 8.42 Å². The zero-order chi connectivity index (χ0) is 11.1. The van der Waals surface area contributed by atoms with Crippen molar-refractivity contribution in [2.24, 2.45) is 0 Å². The molecule has 1 unspecified atom stereocenters. The molecular weight excluding hydrogens is 216 g/mol. The highest BCUT2D eigenvalue weighted by molar-refractivity contribution is 7.91. The van der Waals surface area contributed by atoms with Crippen molar-refractivity contribution in [3.8, 4) is 0 Å². The monoisotopic (exact) mass is 230 g/mol. The van der Waals surface area contributed by atoms with E-state index in [0.29, 0.717) is 12.2 Å². The lowest BCUT2D eigenvalue weighted by Crippen LogP contribution is -2.32. The SMILES string of the molecule is CN(c1cn[nH]c1N)C1CCS(=O)(=O)C1. The van der Waals surface area contributed by atoms with Crippen molar-refractivity contribution in [1.82, 2.24) is 10.2 Å². The Labute approximate surface area is 88.4 Å². The first kappa shape index (κ1) is 10.3. The van der Waals surface area contributed by atoms with Gasteiger partial charge in [0.1, 0.15) is 5.82 Å². The van der Waals surface area contributed by atoms with Gasteiger partial charge >= 0.3 is 0 Å². The van der Waals surface area contributed by atoms with E-state index in [1.807, 2.05) is 11.9 Å². The molecule has 0 aliphatic carbocycles. The molecule has 2 heterocycles. The lowest BCUT2D eigenvalue weighted by atomic mass is 10.2. The minimum Gasteiger partial charge on any atom is -0.382 e. The highest BCUT2D eigenvalue weighted by Gasteiger charge is 2.31. The van der Waals surface area contributed by atoms with Crippen molar-refractivity contribution in [2.75, 3.05) is 29.2 Å². The second kappa shape index (κ2) is 3.41. The molecule has 84 valence electrons. The van der Waals surface area contributed by atoms with E-state index >= 15 is 0 Å². The average molecular weight is 230 g/mol. The number of aromatic amines is 1. The lowest BCUT2D eigenvalue weighted by Gasteiger charge is -2.24.